The Hall–Kier alpha value is 1.19. The normalized spacial score (nSPS) is 162. The summed E-state index contributed by atoms with van der Waals surface area (Å²) in [7, 11) is 0. The molecular weight excluding hydrogens is 594 g/mol. The Morgan fingerprint density at radius 2 is 0.947 bits per heavy atom. The van der Waals surface area contributed by atoms with Gasteiger partial charge < -0.3 is 0 Å². The van der Waals surface area contributed by atoms with Gasteiger partial charge in [0.1, 0.15) is 0 Å². The van der Waals surface area contributed by atoms with Gasteiger partial charge in [0.15, 0.2) is 0 Å². The van der Waals surface area contributed by atoms with E-state index in [1.54, 1.807) is 43.3 Å². The van der Waals surface area contributed by atoms with E-state index in [-0.39, 0.29) is 6.04 Å². The van der Waals surface area contributed by atoms with Crippen LogP contribution < -0.4 is 5.73 Å². The van der Waals surface area contributed by atoms with Crippen LogP contribution in [0.15, 0.2) is 0 Å². The second-order valence-electron chi connectivity index (χ2n) is 30.3. The molecule has 0 aromatic carbocycles. The van der Waals surface area contributed by atoms with Gasteiger partial charge in [-0.15, -0.1) is 0 Å². The first-order valence-corrected chi connectivity index (χ1v) is 36.4. The summed E-state index contributed by atoms with van der Waals surface area (Å²) in [6.45, 7) is -8.64. The van der Waals surface area contributed by atoms with Crippen LogP contribution in [0.5, 0.6) is 0 Å². The van der Waals surface area contributed by atoms with E-state index in [1.165, 1.54) is 85.7 Å². The number of rotatable bonds is 4. The third-order valence-electron chi connectivity index (χ3n) is 46.5. The van der Waals surface area contributed by atoms with Crippen LogP contribution in [-0.2, 0) is 24.3 Å². The molecule has 14 atom stereocenters. The summed E-state index contributed by atoms with van der Waals surface area (Å²) in [6, 6.07) is 0.108. The average Bonchev–Trinajstić information content (AvgIpc) is 3.66. The fraction of sp³-hybridized carbons (Fsp3) is 0.970. The molecule has 2 N–H and O–H groups in total. The van der Waals surface area contributed by atoms with E-state index in [4.69, 9.17) is 5.73 Å². The molecule has 30 aliphatic rings. The number of carbonyl (C=O) groups is 1. The van der Waals surface area contributed by atoms with Crippen LogP contribution in [0.4, 0.5) is 0 Å². The molecule has 14 unspecified atom stereocenters. The molecule has 2 nitrogen and oxygen atoms in total. The average molecular weight is 625 g/mol. The van der Waals surface area contributed by atoms with Crippen LogP contribution in [0.2, 0.25) is 142 Å². The summed E-state index contributed by atoms with van der Waals surface area (Å²) in [4.78, 5) is 51.4. The second kappa shape index (κ2) is 0.864. The fourth-order valence-corrected chi connectivity index (χ4v) is 294. The van der Waals surface area contributed by atoms with Crippen molar-refractivity contribution in [3.63, 3.8) is 0 Å². The molecule has 3 spiro atoms. The van der Waals surface area contributed by atoms with Crippen molar-refractivity contribution in [1.82, 2.24) is 0 Å². The van der Waals surface area contributed by atoms with E-state index in [0.29, 0.717) is 10.1 Å². The molecule has 0 aliphatic carbocycles. The monoisotopic (exact) mass is 625 g/mol. The predicted octanol–water partition coefficient (Wildman–Crippen LogP) is 8.92. The zero-order valence-corrected chi connectivity index (χ0v) is 24.4. The van der Waals surface area contributed by atoms with Gasteiger partial charge in [-0.25, -0.2) is 0 Å². The predicted molar refractivity (Wildman–Crippen MR) is 126 cm³/mol. The molecule has 30 saturated heterocycles. The van der Waals surface area contributed by atoms with E-state index in [9.17, 15) is 4.79 Å². The Bertz CT molecular complexity index is 3380. The van der Waals surface area contributed by atoms with Gasteiger partial charge in [-0.3, -0.25) is 0 Å². The zero-order valence-electron chi connectivity index (χ0n) is 21.1. The molecule has 30 aliphatic heterocycles. The van der Waals surface area contributed by atoms with E-state index < -0.39 is 19.5 Å². The van der Waals surface area contributed by atoms with Crippen molar-refractivity contribution >= 4 is 5.78 Å². The number of ketones is 1. The summed E-state index contributed by atoms with van der Waals surface area (Å²) in [5.74, 6) is 0.560. The van der Waals surface area contributed by atoms with Crippen molar-refractivity contribution in [1.29, 1.82) is 0 Å². The molecule has 0 amide bonds. The van der Waals surface area contributed by atoms with Crippen LogP contribution in [0.25, 0.3) is 0 Å². The number of fused-ring (bicyclic) bond motifs is 32. The summed E-state index contributed by atoms with van der Waals surface area (Å²) in [5, 5.41) is 0. The molecule has 0 aromatic rings. The number of nitrogens with two attached hydrogens (primary N) is 1. The van der Waals surface area contributed by atoms with E-state index >= 15 is 0 Å². The summed E-state index contributed by atoms with van der Waals surface area (Å²) in [5.41, 5.74) is 7.78. The topological polar surface area (TPSA) is 43.1 Å². The number of hydrogen-bond donors (Lipinski definition) is 1. The van der Waals surface area contributed by atoms with Crippen LogP contribution in [0.3, 0.4) is 0 Å². The van der Waals surface area contributed by atoms with Gasteiger partial charge in [-0.2, -0.15) is 0 Å². The first-order chi connectivity index (χ1) is 17.8. The minimum atomic E-state index is -4.04. The standard InChI is InChI=1S/C18H16NO.3C5H5.3Fe/c1-12(20)18(19)16-11-10-15(13-6-2-3-7-13)17(16)14-8-4-5-9-14;3*1-2-4-5-3-1;;;/h2-11,18H,19H2,1H3;3*1-5H;;;. The van der Waals surface area contributed by atoms with E-state index in [1.807, 2.05) is 0 Å². The molecule has 30 rings (SSSR count). The molecule has 30 heterocycles. The fourth-order valence-electron chi connectivity index (χ4n) is 54.8. The molecule has 0 aromatic heterocycles. The number of hydrogen-bond acceptors (Lipinski definition) is 2. The van der Waals surface area contributed by atoms with Gasteiger partial charge in [-0.1, -0.05) is 0 Å². The maximum atomic E-state index is 13.9. The molecule has 0 bridgehead atoms. The first kappa shape index (κ1) is 12.3. The molecule has 198 valence electrons. The SMILES string of the molecule is CC(=O)C(N)[C]12[CH]3[CH]4[C]5([C]67[CH]8[CH]9[CH]%10[CH]6[Fe]9%10876%11%12%13[CH]7[CH]6[CH]%11[CH]%12[CH]7%13)[C]1([C]16[CH]7[CH]8[CH]9[CH]1[Fe]89761%10%11%12[CH]6[CH]1[CH]%10[CH]%11[CH]6%12)[Fe]34251678[CH]2[CH]1[CH]6[CH]7[CH]28. The Morgan fingerprint density at radius 3 is 1.24 bits per heavy atom. The third-order valence-corrected chi connectivity index (χ3v) is 176. The van der Waals surface area contributed by atoms with Crippen LogP contribution >= 0.6 is 0 Å². The summed E-state index contributed by atoms with van der Waals surface area (Å²) in [6.07, 6.45) is 0. The van der Waals surface area contributed by atoms with Crippen molar-refractivity contribution in [2.45, 2.75) is 155 Å². The molecule has 5 heteroatoms. The molecule has 0 radical (unpaired) electrons. The van der Waals surface area contributed by atoms with Gasteiger partial charge >= 0.3 is 191 Å². The van der Waals surface area contributed by atoms with Crippen LogP contribution in [0.1, 0.15) is 6.92 Å². The summed E-state index contributed by atoms with van der Waals surface area (Å²) >= 11 is 0. The number of Topliss-reactive ketones (excluding diaryl/α,β-unsaturated/α-hetero) is 1. The van der Waals surface area contributed by atoms with Crippen molar-refractivity contribution in [2.24, 2.45) is 5.73 Å². The zero-order chi connectivity index (χ0) is 22.0. The summed E-state index contributed by atoms with van der Waals surface area (Å²) < 4.78 is 5.27. The van der Waals surface area contributed by atoms with Crippen molar-refractivity contribution in [3.8, 4) is 0 Å². The van der Waals surface area contributed by atoms with Gasteiger partial charge in [0.05, 0.1) is 0 Å². The van der Waals surface area contributed by atoms with Gasteiger partial charge in [0.25, 0.3) is 0 Å². The molecule has 38 heavy (non-hydrogen) atoms. The Balaban J connectivity index is 1.03. The second-order valence-corrected chi connectivity index (χ2v) is 100. The molecule has 30 fully saturated rings. The number of carbonyl (C=O) groups excluding carboxylic acids is 1. The van der Waals surface area contributed by atoms with Gasteiger partial charge in [0, 0.05) is 0 Å². The van der Waals surface area contributed by atoms with Crippen molar-refractivity contribution in [3.05, 3.63) is 0 Å². The minimum absolute atomic E-state index is 0.108. The molecule has 0 saturated carbocycles. The van der Waals surface area contributed by atoms with Crippen LogP contribution in [-0.4, -0.2) is 11.8 Å². The molecular formula is C33H31Fe3NO. The van der Waals surface area contributed by atoms with Crippen LogP contribution in [0, 0.1) is 0 Å². The Kier molecular flexibility index (Phi) is 0.280. The van der Waals surface area contributed by atoms with Gasteiger partial charge in [0.2, 0.25) is 0 Å². The quantitative estimate of drug-likeness (QED) is 0.317. The van der Waals surface area contributed by atoms with Gasteiger partial charge in [-0.05, 0) is 0 Å². The van der Waals surface area contributed by atoms with Crippen molar-refractivity contribution < 1.29 is 24.3 Å². The Morgan fingerprint density at radius 1 is 0.553 bits per heavy atom. The van der Waals surface area contributed by atoms with E-state index in [2.05, 4.69) is 6.92 Å². The Labute approximate surface area is 189 Å². The maximum absolute atomic E-state index is 13.9. The van der Waals surface area contributed by atoms with Crippen molar-refractivity contribution in [2.75, 3.05) is 0 Å². The van der Waals surface area contributed by atoms with E-state index in [0.717, 1.165) is 8.63 Å². The first-order valence-electron chi connectivity index (χ1n) is 17.7. The third kappa shape index (κ3) is 0.100.